The molecule has 130 valence electrons. The highest BCUT2D eigenvalue weighted by atomic mass is 16.6. The molecule has 0 aromatic heterocycles. The van der Waals surface area contributed by atoms with E-state index in [2.05, 4.69) is 0 Å². The van der Waals surface area contributed by atoms with Crippen LogP contribution in [-0.2, 0) is 28.5 Å². The van der Waals surface area contributed by atoms with Gasteiger partial charge in [-0.25, -0.2) is 0 Å². The molecule has 0 rings (SSSR count). The lowest BCUT2D eigenvalue weighted by Gasteiger charge is -2.19. The Bertz CT molecular complexity index is 326. The minimum atomic E-state index is -0.486. The van der Waals surface area contributed by atoms with Crippen LogP contribution in [0.1, 0.15) is 40.5 Å². The molecule has 0 amide bonds. The Labute approximate surface area is 132 Å². The maximum absolute atomic E-state index is 11.4. The summed E-state index contributed by atoms with van der Waals surface area (Å²) in [6.07, 6.45) is 0.397. The molecule has 0 aliphatic heterocycles. The van der Waals surface area contributed by atoms with E-state index >= 15 is 0 Å². The number of hydrogen-bond acceptors (Lipinski definition) is 7. The molecule has 22 heavy (non-hydrogen) atoms. The molecular weight excluding hydrogens is 290 g/mol. The van der Waals surface area contributed by atoms with E-state index in [1.165, 1.54) is 0 Å². The molecule has 0 bridgehead atoms. The molecule has 0 fully saturated rings. The van der Waals surface area contributed by atoms with Crippen molar-refractivity contribution in [1.82, 2.24) is 0 Å². The van der Waals surface area contributed by atoms with Crippen LogP contribution in [0, 0.1) is 0 Å². The highest BCUT2D eigenvalue weighted by Gasteiger charge is 2.15. The quantitative estimate of drug-likeness (QED) is 0.449. The van der Waals surface area contributed by atoms with Gasteiger partial charge in [-0.05, 0) is 27.7 Å². The summed E-state index contributed by atoms with van der Waals surface area (Å²) in [5.41, 5.74) is 5.30. The number of esters is 2. The third-order valence-corrected chi connectivity index (χ3v) is 2.29. The van der Waals surface area contributed by atoms with Gasteiger partial charge in [0.05, 0.1) is 51.9 Å². The maximum Gasteiger partial charge on any atom is 0.308 e. The van der Waals surface area contributed by atoms with Crippen LogP contribution in [-0.4, -0.2) is 56.6 Å². The van der Waals surface area contributed by atoms with E-state index in [0.29, 0.717) is 6.61 Å². The lowest BCUT2D eigenvalue weighted by molar-refractivity contribution is -0.156. The van der Waals surface area contributed by atoms with E-state index in [1.807, 2.05) is 20.8 Å². The summed E-state index contributed by atoms with van der Waals surface area (Å²) >= 11 is 0. The average Bonchev–Trinajstić information content (AvgIpc) is 2.38. The second-order valence-electron chi connectivity index (χ2n) is 5.80. The largest absolute Gasteiger partial charge is 0.466 e. The van der Waals surface area contributed by atoms with Gasteiger partial charge < -0.3 is 24.7 Å². The first kappa shape index (κ1) is 20.8. The number of carbonyl (C=O) groups excluding carboxylic acids is 2. The predicted octanol–water partition coefficient (Wildman–Crippen LogP) is 1.03. The second-order valence-corrected chi connectivity index (χ2v) is 5.80. The molecule has 0 aromatic rings. The molecule has 7 nitrogen and oxygen atoms in total. The summed E-state index contributed by atoms with van der Waals surface area (Å²) in [5.74, 6) is -0.587. The summed E-state index contributed by atoms with van der Waals surface area (Å²) in [6, 6.07) is -0.305. The van der Waals surface area contributed by atoms with Crippen molar-refractivity contribution in [2.24, 2.45) is 5.73 Å². The number of ether oxygens (including phenoxy) is 4. The summed E-state index contributed by atoms with van der Waals surface area (Å²) in [7, 11) is 0. The van der Waals surface area contributed by atoms with Crippen LogP contribution < -0.4 is 5.73 Å². The van der Waals surface area contributed by atoms with Crippen LogP contribution in [0.25, 0.3) is 0 Å². The average molecular weight is 319 g/mol. The molecule has 0 radical (unpaired) electrons. The summed E-state index contributed by atoms with van der Waals surface area (Å²) in [4.78, 5) is 22.5. The highest BCUT2D eigenvalue weighted by molar-refractivity contribution is 5.70. The standard InChI is InChI=1S/C15H29NO6/c1-5-21-13(17)6-8-19-10-12(16)11-20-9-7-14(18)22-15(2,3)4/h12H,5-11,16H2,1-4H3. The Balaban J connectivity index is 3.52. The van der Waals surface area contributed by atoms with Gasteiger partial charge in [0.1, 0.15) is 5.60 Å². The summed E-state index contributed by atoms with van der Waals surface area (Å²) in [5, 5.41) is 0. The zero-order valence-corrected chi connectivity index (χ0v) is 14.1. The molecular formula is C15H29NO6. The lowest BCUT2D eigenvalue weighted by Crippen LogP contribution is -2.32. The Kier molecular flexibility index (Phi) is 10.8. The van der Waals surface area contributed by atoms with Crippen molar-refractivity contribution in [1.29, 1.82) is 0 Å². The minimum absolute atomic E-state index is 0.188. The van der Waals surface area contributed by atoms with Crippen LogP contribution in [0.15, 0.2) is 0 Å². The zero-order chi connectivity index (χ0) is 17.0. The number of hydrogen-bond donors (Lipinski definition) is 1. The fourth-order valence-corrected chi connectivity index (χ4v) is 1.45. The summed E-state index contributed by atoms with van der Waals surface area (Å²) in [6.45, 7) is 8.65. The predicted molar refractivity (Wildman–Crippen MR) is 81.3 cm³/mol. The van der Waals surface area contributed by atoms with Crippen molar-refractivity contribution < 1.29 is 28.5 Å². The fourth-order valence-electron chi connectivity index (χ4n) is 1.45. The third kappa shape index (κ3) is 13.8. The minimum Gasteiger partial charge on any atom is -0.466 e. The Morgan fingerprint density at radius 2 is 1.50 bits per heavy atom. The molecule has 0 aromatic carbocycles. The van der Waals surface area contributed by atoms with Crippen molar-refractivity contribution in [3.05, 3.63) is 0 Å². The van der Waals surface area contributed by atoms with E-state index in [1.54, 1.807) is 6.92 Å². The van der Waals surface area contributed by atoms with Crippen molar-refractivity contribution in [2.45, 2.75) is 52.2 Å². The topological polar surface area (TPSA) is 97.1 Å². The normalized spacial score (nSPS) is 12.8. The van der Waals surface area contributed by atoms with Crippen LogP contribution >= 0.6 is 0 Å². The van der Waals surface area contributed by atoms with Gasteiger partial charge in [-0.1, -0.05) is 0 Å². The molecule has 7 heteroatoms. The Morgan fingerprint density at radius 1 is 1.00 bits per heavy atom. The fraction of sp³-hybridized carbons (Fsp3) is 0.867. The first-order chi connectivity index (χ1) is 10.2. The van der Waals surface area contributed by atoms with Crippen LogP contribution in [0.3, 0.4) is 0 Å². The van der Waals surface area contributed by atoms with E-state index in [0.717, 1.165) is 0 Å². The first-order valence-electron chi connectivity index (χ1n) is 7.53. The SMILES string of the molecule is CCOC(=O)CCOCC(N)COCCC(=O)OC(C)(C)C. The van der Waals surface area contributed by atoms with Gasteiger partial charge in [0.25, 0.3) is 0 Å². The van der Waals surface area contributed by atoms with Gasteiger partial charge in [-0.15, -0.1) is 0 Å². The van der Waals surface area contributed by atoms with Crippen LogP contribution in [0.4, 0.5) is 0 Å². The number of nitrogens with two attached hydrogens (primary N) is 1. The molecule has 0 saturated heterocycles. The molecule has 1 unspecified atom stereocenters. The Morgan fingerprint density at radius 3 is 1.95 bits per heavy atom. The van der Waals surface area contributed by atoms with Crippen LogP contribution in [0.5, 0.6) is 0 Å². The van der Waals surface area contributed by atoms with Gasteiger partial charge in [0, 0.05) is 0 Å². The third-order valence-electron chi connectivity index (χ3n) is 2.29. The summed E-state index contributed by atoms with van der Waals surface area (Å²) < 4.78 is 20.5. The molecule has 0 saturated carbocycles. The highest BCUT2D eigenvalue weighted by Crippen LogP contribution is 2.08. The molecule has 0 aliphatic rings. The smallest absolute Gasteiger partial charge is 0.308 e. The first-order valence-corrected chi connectivity index (χ1v) is 7.53. The van der Waals surface area contributed by atoms with Crippen molar-refractivity contribution in [3.63, 3.8) is 0 Å². The number of carbonyl (C=O) groups is 2. The molecule has 0 spiro atoms. The molecule has 0 aliphatic carbocycles. The van der Waals surface area contributed by atoms with E-state index in [4.69, 9.17) is 24.7 Å². The van der Waals surface area contributed by atoms with Gasteiger partial charge in [0.2, 0.25) is 0 Å². The lowest BCUT2D eigenvalue weighted by atomic mass is 10.2. The second kappa shape index (κ2) is 11.4. The van der Waals surface area contributed by atoms with Gasteiger partial charge >= 0.3 is 11.9 Å². The van der Waals surface area contributed by atoms with E-state index in [9.17, 15) is 9.59 Å². The monoisotopic (exact) mass is 319 g/mol. The van der Waals surface area contributed by atoms with E-state index < -0.39 is 5.60 Å². The zero-order valence-electron chi connectivity index (χ0n) is 14.1. The Hall–Kier alpha value is -1.18. The van der Waals surface area contributed by atoms with Gasteiger partial charge in [-0.3, -0.25) is 9.59 Å². The van der Waals surface area contributed by atoms with Gasteiger partial charge in [0.15, 0.2) is 0 Å². The maximum atomic E-state index is 11.4. The number of rotatable bonds is 11. The van der Waals surface area contributed by atoms with Gasteiger partial charge in [-0.2, -0.15) is 0 Å². The van der Waals surface area contributed by atoms with E-state index in [-0.39, 0.29) is 57.2 Å². The van der Waals surface area contributed by atoms with Crippen molar-refractivity contribution in [3.8, 4) is 0 Å². The molecule has 0 heterocycles. The molecule has 2 N–H and O–H groups in total. The van der Waals surface area contributed by atoms with Crippen molar-refractivity contribution in [2.75, 3.05) is 33.0 Å². The van der Waals surface area contributed by atoms with Crippen molar-refractivity contribution >= 4 is 11.9 Å². The molecule has 1 atom stereocenters. The van der Waals surface area contributed by atoms with Crippen LogP contribution in [0.2, 0.25) is 0 Å².